The first-order valence-electron chi connectivity index (χ1n) is 6.65. The lowest BCUT2D eigenvalue weighted by molar-refractivity contribution is 0.0255. The molecule has 0 aliphatic carbocycles. The van der Waals surface area contributed by atoms with E-state index in [1.807, 2.05) is 26.0 Å². The lowest BCUT2D eigenvalue weighted by Gasteiger charge is -2.24. The average molecular weight is 249 g/mol. The van der Waals surface area contributed by atoms with Crippen molar-refractivity contribution < 1.29 is 9.47 Å². The molecule has 1 heterocycles. The summed E-state index contributed by atoms with van der Waals surface area (Å²) in [6.45, 7) is 5.69. The Morgan fingerprint density at radius 3 is 2.72 bits per heavy atom. The van der Waals surface area contributed by atoms with Crippen LogP contribution in [0.25, 0.3) is 0 Å². The summed E-state index contributed by atoms with van der Waals surface area (Å²) in [5.41, 5.74) is 7.09. The summed E-state index contributed by atoms with van der Waals surface area (Å²) >= 11 is 0. The summed E-state index contributed by atoms with van der Waals surface area (Å²) in [4.78, 5) is 0. The van der Waals surface area contributed by atoms with Crippen molar-refractivity contribution in [3.8, 4) is 5.75 Å². The number of nitrogens with two attached hydrogens (primary N) is 1. The van der Waals surface area contributed by atoms with Gasteiger partial charge in [0.05, 0.1) is 13.2 Å². The van der Waals surface area contributed by atoms with E-state index in [4.69, 9.17) is 15.2 Å². The fourth-order valence-electron chi connectivity index (χ4n) is 2.24. The van der Waals surface area contributed by atoms with Crippen molar-refractivity contribution in [3.63, 3.8) is 0 Å². The van der Waals surface area contributed by atoms with E-state index in [0.717, 1.165) is 38.2 Å². The standard InChI is InChI=1S/C15H23NO2/c1-15(2,16)11-12-4-3-5-14(10-12)18-13-6-8-17-9-7-13/h3-5,10,13H,6-9,11,16H2,1-2H3. The van der Waals surface area contributed by atoms with E-state index in [1.165, 1.54) is 5.56 Å². The highest BCUT2D eigenvalue weighted by Crippen LogP contribution is 2.21. The van der Waals surface area contributed by atoms with Crippen molar-refractivity contribution in [1.29, 1.82) is 0 Å². The first-order valence-corrected chi connectivity index (χ1v) is 6.65. The van der Waals surface area contributed by atoms with Crippen LogP contribution in [0.15, 0.2) is 24.3 Å². The summed E-state index contributed by atoms with van der Waals surface area (Å²) in [6, 6.07) is 8.26. The third-order valence-electron chi connectivity index (χ3n) is 3.03. The van der Waals surface area contributed by atoms with Crippen LogP contribution in [0, 0.1) is 0 Å². The third-order valence-corrected chi connectivity index (χ3v) is 3.03. The van der Waals surface area contributed by atoms with Crippen molar-refractivity contribution in [2.24, 2.45) is 5.73 Å². The van der Waals surface area contributed by atoms with Gasteiger partial charge in [-0.05, 0) is 38.0 Å². The predicted molar refractivity (Wildman–Crippen MR) is 72.9 cm³/mol. The third kappa shape index (κ3) is 4.31. The predicted octanol–water partition coefficient (Wildman–Crippen LogP) is 2.52. The van der Waals surface area contributed by atoms with Crippen LogP contribution in [0.2, 0.25) is 0 Å². The molecule has 100 valence electrons. The summed E-state index contributed by atoms with van der Waals surface area (Å²) in [7, 11) is 0. The molecular weight excluding hydrogens is 226 g/mol. The smallest absolute Gasteiger partial charge is 0.119 e. The van der Waals surface area contributed by atoms with E-state index < -0.39 is 0 Å². The van der Waals surface area contributed by atoms with E-state index in [-0.39, 0.29) is 5.54 Å². The highest BCUT2D eigenvalue weighted by Gasteiger charge is 2.16. The molecule has 0 amide bonds. The average Bonchev–Trinajstić information content (AvgIpc) is 2.28. The number of benzene rings is 1. The molecule has 1 fully saturated rings. The van der Waals surface area contributed by atoms with Gasteiger partial charge < -0.3 is 15.2 Å². The van der Waals surface area contributed by atoms with Crippen molar-refractivity contribution in [3.05, 3.63) is 29.8 Å². The molecule has 3 nitrogen and oxygen atoms in total. The van der Waals surface area contributed by atoms with Crippen LogP contribution in [0.5, 0.6) is 5.75 Å². The quantitative estimate of drug-likeness (QED) is 0.891. The van der Waals surface area contributed by atoms with Gasteiger partial charge in [-0.25, -0.2) is 0 Å². The minimum atomic E-state index is -0.183. The Kier molecular flexibility index (Phi) is 4.25. The van der Waals surface area contributed by atoms with Gasteiger partial charge in [0.1, 0.15) is 11.9 Å². The van der Waals surface area contributed by atoms with Crippen molar-refractivity contribution in [1.82, 2.24) is 0 Å². The molecule has 2 N–H and O–H groups in total. The zero-order valence-corrected chi connectivity index (χ0v) is 11.3. The molecule has 0 unspecified atom stereocenters. The Bertz CT molecular complexity index is 378. The monoisotopic (exact) mass is 249 g/mol. The van der Waals surface area contributed by atoms with Gasteiger partial charge in [0.2, 0.25) is 0 Å². The molecule has 2 rings (SSSR count). The number of hydrogen-bond donors (Lipinski definition) is 1. The molecule has 0 aromatic heterocycles. The van der Waals surface area contributed by atoms with Gasteiger partial charge in [-0.3, -0.25) is 0 Å². The molecule has 1 aliphatic rings. The van der Waals surface area contributed by atoms with Crippen LogP contribution in [-0.2, 0) is 11.2 Å². The van der Waals surface area contributed by atoms with Gasteiger partial charge in [-0.1, -0.05) is 12.1 Å². The summed E-state index contributed by atoms with van der Waals surface area (Å²) < 4.78 is 11.3. The molecular formula is C15H23NO2. The number of ether oxygens (including phenoxy) is 2. The first kappa shape index (κ1) is 13.4. The second kappa shape index (κ2) is 5.72. The second-order valence-electron chi connectivity index (χ2n) is 5.74. The van der Waals surface area contributed by atoms with E-state index in [2.05, 4.69) is 12.1 Å². The Morgan fingerprint density at radius 1 is 1.33 bits per heavy atom. The molecule has 18 heavy (non-hydrogen) atoms. The highest BCUT2D eigenvalue weighted by molar-refractivity contribution is 5.29. The van der Waals surface area contributed by atoms with Crippen LogP contribution >= 0.6 is 0 Å². The van der Waals surface area contributed by atoms with Crippen LogP contribution in [-0.4, -0.2) is 24.9 Å². The number of rotatable bonds is 4. The Hall–Kier alpha value is -1.06. The molecule has 1 aromatic rings. The molecule has 1 saturated heterocycles. The maximum absolute atomic E-state index is 6.04. The fraction of sp³-hybridized carbons (Fsp3) is 0.600. The number of hydrogen-bond acceptors (Lipinski definition) is 3. The molecule has 0 radical (unpaired) electrons. The zero-order chi connectivity index (χ0) is 13.0. The SMILES string of the molecule is CC(C)(N)Cc1cccc(OC2CCOCC2)c1. The van der Waals surface area contributed by atoms with Crippen molar-refractivity contribution >= 4 is 0 Å². The van der Waals surface area contributed by atoms with E-state index in [1.54, 1.807) is 0 Å². The molecule has 1 aliphatic heterocycles. The van der Waals surface area contributed by atoms with Gasteiger partial charge in [-0.2, -0.15) is 0 Å². The van der Waals surface area contributed by atoms with Gasteiger partial charge in [0.15, 0.2) is 0 Å². The Labute approximate surface area is 109 Å². The summed E-state index contributed by atoms with van der Waals surface area (Å²) in [6.07, 6.45) is 3.11. The van der Waals surface area contributed by atoms with E-state index >= 15 is 0 Å². The van der Waals surface area contributed by atoms with E-state index in [0.29, 0.717) is 6.10 Å². The Morgan fingerprint density at radius 2 is 2.06 bits per heavy atom. The fourth-order valence-corrected chi connectivity index (χ4v) is 2.24. The lowest BCUT2D eigenvalue weighted by atomic mass is 9.96. The molecule has 3 heteroatoms. The maximum atomic E-state index is 6.04. The normalized spacial score (nSPS) is 17.7. The lowest BCUT2D eigenvalue weighted by Crippen LogP contribution is -2.34. The van der Waals surface area contributed by atoms with Crippen LogP contribution in [0.3, 0.4) is 0 Å². The van der Waals surface area contributed by atoms with Crippen LogP contribution in [0.4, 0.5) is 0 Å². The molecule has 0 spiro atoms. The van der Waals surface area contributed by atoms with Gasteiger partial charge in [-0.15, -0.1) is 0 Å². The van der Waals surface area contributed by atoms with Gasteiger partial charge in [0, 0.05) is 18.4 Å². The first-order chi connectivity index (χ1) is 8.53. The highest BCUT2D eigenvalue weighted by atomic mass is 16.5. The van der Waals surface area contributed by atoms with Gasteiger partial charge >= 0.3 is 0 Å². The largest absolute Gasteiger partial charge is 0.490 e. The topological polar surface area (TPSA) is 44.5 Å². The maximum Gasteiger partial charge on any atom is 0.119 e. The molecule has 1 aromatic carbocycles. The van der Waals surface area contributed by atoms with E-state index in [9.17, 15) is 0 Å². The van der Waals surface area contributed by atoms with Crippen molar-refractivity contribution in [2.45, 2.75) is 44.8 Å². The minimum absolute atomic E-state index is 0.183. The van der Waals surface area contributed by atoms with Gasteiger partial charge in [0.25, 0.3) is 0 Å². The van der Waals surface area contributed by atoms with Crippen molar-refractivity contribution in [2.75, 3.05) is 13.2 Å². The zero-order valence-electron chi connectivity index (χ0n) is 11.3. The molecule has 0 bridgehead atoms. The Balaban J connectivity index is 1.98. The van der Waals surface area contributed by atoms with Crippen LogP contribution < -0.4 is 10.5 Å². The summed E-state index contributed by atoms with van der Waals surface area (Å²) in [5, 5.41) is 0. The molecule has 0 saturated carbocycles. The molecule has 0 atom stereocenters. The minimum Gasteiger partial charge on any atom is -0.490 e. The summed E-state index contributed by atoms with van der Waals surface area (Å²) in [5.74, 6) is 0.948. The van der Waals surface area contributed by atoms with Crippen LogP contribution in [0.1, 0.15) is 32.3 Å². The second-order valence-corrected chi connectivity index (χ2v) is 5.74.